The average Bonchev–Trinajstić information content (AvgIpc) is 2.39. The van der Waals surface area contributed by atoms with E-state index in [9.17, 15) is 9.90 Å². The van der Waals surface area contributed by atoms with Gasteiger partial charge < -0.3 is 14.7 Å². The lowest BCUT2D eigenvalue weighted by Gasteiger charge is -2.28. The van der Waals surface area contributed by atoms with E-state index in [4.69, 9.17) is 4.74 Å². The fourth-order valence-corrected chi connectivity index (χ4v) is 2.27. The summed E-state index contributed by atoms with van der Waals surface area (Å²) in [6.45, 7) is 3.88. The third-order valence-electron chi connectivity index (χ3n) is 3.29. The normalized spacial score (nSPS) is 15.3. The van der Waals surface area contributed by atoms with Crippen LogP contribution in [0.25, 0.3) is 0 Å². The van der Waals surface area contributed by atoms with Gasteiger partial charge in [0.2, 0.25) is 0 Å². The molecule has 2 rings (SSSR count). The van der Waals surface area contributed by atoms with E-state index in [1.807, 2.05) is 4.90 Å². The first-order chi connectivity index (χ1) is 9.13. The molecule has 2 heterocycles. The molecule has 0 bridgehead atoms. The van der Waals surface area contributed by atoms with Gasteiger partial charge in [0, 0.05) is 26.4 Å². The van der Waals surface area contributed by atoms with Crippen LogP contribution in [0, 0.1) is 6.92 Å². The fourth-order valence-electron chi connectivity index (χ4n) is 2.27. The van der Waals surface area contributed by atoms with Crippen molar-refractivity contribution in [2.45, 2.75) is 13.3 Å². The molecule has 5 nitrogen and oxygen atoms in total. The molecule has 0 atom stereocenters. The van der Waals surface area contributed by atoms with Crippen molar-refractivity contribution in [3.63, 3.8) is 0 Å². The van der Waals surface area contributed by atoms with Gasteiger partial charge in [0.15, 0.2) is 0 Å². The average molecular weight is 262 g/mol. The SMILES string of the molecule is COCC1=CCN(c2nccc(C)c2C(=O)O)CC1. The van der Waals surface area contributed by atoms with Gasteiger partial charge >= 0.3 is 5.97 Å². The van der Waals surface area contributed by atoms with E-state index < -0.39 is 5.97 Å². The van der Waals surface area contributed by atoms with Crippen LogP contribution in [0.4, 0.5) is 5.82 Å². The Balaban J connectivity index is 2.25. The molecule has 102 valence electrons. The van der Waals surface area contributed by atoms with E-state index in [0.29, 0.717) is 24.5 Å². The molecule has 0 aliphatic carbocycles. The molecule has 19 heavy (non-hydrogen) atoms. The van der Waals surface area contributed by atoms with Crippen LogP contribution in [0.2, 0.25) is 0 Å². The van der Waals surface area contributed by atoms with E-state index in [-0.39, 0.29) is 0 Å². The predicted octanol–water partition coefficient (Wildman–Crippen LogP) is 1.87. The summed E-state index contributed by atoms with van der Waals surface area (Å²) in [5.74, 6) is -0.368. The minimum absolute atomic E-state index is 0.297. The molecule has 0 saturated heterocycles. The summed E-state index contributed by atoms with van der Waals surface area (Å²) in [5.41, 5.74) is 2.29. The number of carbonyl (C=O) groups is 1. The number of aryl methyl sites for hydroxylation is 1. The van der Waals surface area contributed by atoms with Gasteiger partial charge in [0.25, 0.3) is 0 Å². The summed E-state index contributed by atoms with van der Waals surface area (Å²) in [4.78, 5) is 17.6. The number of aromatic nitrogens is 1. The zero-order valence-electron chi connectivity index (χ0n) is 11.2. The second kappa shape index (κ2) is 5.84. The highest BCUT2D eigenvalue weighted by molar-refractivity contribution is 5.95. The Labute approximate surface area is 112 Å². The highest BCUT2D eigenvalue weighted by atomic mass is 16.5. The molecule has 1 N–H and O–H groups in total. The predicted molar refractivity (Wildman–Crippen MR) is 72.7 cm³/mol. The van der Waals surface area contributed by atoms with E-state index in [1.165, 1.54) is 5.57 Å². The molecule has 1 aliphatic heterocycles. The molecule has 0 radical (unpaired) electrons. The highest BCUT2D eigenvalue weighted by Gasteiger charge is 2.21. The number of hydrogen-bond acceptors (Lipinski definition) is 4. The zero-order valence-corrected chi connectivity index (χ0v) is 11.2. The first-order valence-corrected chi connectivity index (χ1v) is 6.24. The standard InChI is InChI=1S/C14H18N2O3/c1-10-3-6-15-13(12(10)14(17)18)16-7-4-11(5-8-16)9-19-2/h3-4,6H,5,7-9H2,1-2H3,(H,17,18). The number of nitrogens with zero attached hydrogens (tertiary/aromatic N) is 2. The molecular weight excluding hydrogens is 244 g/mol. The van der Waals surface area contributed by atoms with Crippen molar-refractivity contribution in [3.05, 3.63) is 35.0 Å². The summed E-state index contributed by atoms with van der Waals surface area (Å²) in [5, 5.41) is 9.31. The maximum absolute atomic E-state index is 11.3. The molecular formula is C14H18N2O3. The van der Waals surface area contributed by atoms with Crippen molar-refractivity contribution in [2.75, 3.05) is 31.7 Å². The van der Waals surface area contributed by atoms with Gasteiger partial charge in [-0.25, -0.2) is 9.78 Å². The van der Waals surface area contributed by atoms with Gasteiger partial charge in [-0.1, -0.05) is 6.08 Å². The van der Waals surface area contributed by atoms with E-state index in [2.05, 4.69) is 11.1 Å². The minimum Gasteiger partial charge on any atom is -0.478 e. The molecule has 1 aromatic rings. The van der Waals surface area contributed by atoms with Gasteiger partial charge in [-0.3, -0.25) is 0 Å². The number of carboxylic acid groups (broad SMARTS) is 1. The number of hydrogen-bond donors (Lipinski definition) is 1. The Kier molecular flexibility index (Phi) is 4.16. The van der Waals surface area contributed by atoms with Crippen LogP contribution in [0.1, 0.15) is 22.3 Å². The number of ether oxygens (including phenoxy) is 1. The lowest BCUT2D eigenvalue weighted by atomic mass is 10.1. The van der Waals surface area contributed by atoms with E-state index in [0.717, 1.165) is 18.5 Å². The van der Waals surface area contributed by atoms with Gasteiger partial charge in [0.1, 0.15) is 11.4 Å². The van der Waals surface area contributed by atoms with Crippen LogP contribution in [0.5, 0.6) is 0 Å². The number of pyridine rings is 1. The Morgan fingerprint density at radius 1 is 1.58 bits per heavy atom. The zero-order chi connectivity index (χ0) is 13.8. The van der Waals surface area contributed by atoms with E-state index >= 15 is 0 Å². The van der Waals surface area contributed by atoms with E-state index in [1.54, 1.807) is 26.3 Å². The van der Waals surface area contributed by atoms with Crippen molar-refractivity contribution in [2.24, 2.45) is 0 Å². The monoisotopic (exact) mass is 262 g/mol. The number of aromatic carboxylic acids is 1. The van der Waals surface area contributed by atoms with Crippen molar-refractivity contribution in [1.82, 2.24) is 4.98 Å². The second-order valence-corrected chi connectivity index (χ2v) is 4.62. The first kappa shape index (κ1) is 13.5. The van der Waals surface area contributed by atoms with Crippen molar-refractivity contribution in [3.8, 4) is 0 Å². The third kappa shape index (κ3) is 2.93. The topological polar surface area (TPSA) is 62.7 Å². The maximum atomic E-state index is 11.3. The van der Waals surface area contributed by atoms with Gasteiger partial charge in [-0.2, -0.15) is 0 Å². The molecule has 0 aromatic carbocycles. The highest BCUT2D eigenvalue weighted by Crippen LogP contribution is 2.24. The van der Waals surface area contributed by atoms with Crippen molar-refractivity contribution < 1.29 is 14.6 Å². The van der Waals surface area contributed by atoms with Gasteiger partial charge in [0.05, 0.1) is 6.61 Å². The van der Waals surface area contributed by atoms with Crippen LogP contribution in [-0.4, -0.2) is 42.9 Å². The lowest BCUT2D eigenvalue weighted by Crippen LogP contribution is -2.31. The van der Waals surface area contributed by atoms with Crippen molar-refractivity contribution >= 4 is 11.8 Å². The smallest absolute Gasteiger partial charge is 0.339 e. The molecule has 0 unspecified atom stereocenters. The Bertz CT molecular complexity index is 511. The molecule has 0 saturated carbocycles. The summed E-state index contributed by atoms with van der Waals surface area (Å²) in [6.07, 6.45) is 4.62. The second-order valence-electron chi connectivity index (χ2n) is 4.62. The Hall–Kier alpha value is -1.88. The van der Waals surface area contributed by atoms with Gasteiger partial charge in [-0.15, -0.1) is 0 Å². The summed E-state index contributed by atoms with van der Waals surface area (Å²) >= 11 is 0. The number of anilines is 1. The van der Waals surface area contributed by atoms with Crippen LogP contribution >= 0.6 is 0 Å². The summed E-state index contributed by atoms with van der Waals surface area (Å²) < 4.78 is 5.11. The lowest BCUT2D eigenvalue weighted by molar-refractivity contribution is 0.0696. The summed E-state index contributed by atoms with van der Waals surface area (Å²) in [7, 11) is 1.68. The molecule has 0 spiro atoms. The number of methoxy groups -OCH3 is 1. The number of rotatable bonds is 4. The Morgan fingerprint density at radius 3 is 2.95 bits per heavy atom. The largest absolute Gasteiger partial charge is 0.478 e. The summed E-state index contributed by atoms with van der Waals surface area (Å²) in [6, 6.07) is 1.73. The fraction of sp³-hybridized carbons (Fsp3) is 0.429. The molecule has 5 heteroatoms. The molecule has 0 fully saturated rings. The van der Waals surface area contributed by atoms with Crippen LogP contribution in [0.15, 0.2) is 23.9 Å². The number of carboxylic acids is 1. The van der Waals surface area contributed by atoms with Crippen LogP contribution < -0.4 is 4.90 Å². The molecule has 1 aromatic heterocycles. The maximum Gasteiger partial charge on any atom is 0.339 e. The van der Waals surface area contributed by atoms with Gasteiger partial charge in [-0.05, 0) is 30.5 Å². The molecule has 1 aliphatic rings. The third-order valence-corrected chi connectivity index (χ3v) is 3.29. The van der Waals surface area contributed by atoms with Crippen LogP contribution in [-0.2, 0) is 4.74 Å². The van der Waals surface area contributed by atoms with Crippen LogP contribution in [0.3, 0.4) is 0 Å². The Morgan fingerprint density at radius 2 is 2.37 bits per heavy atom. The first-order valence-electron chi connectivity index (χ1n) is 6.24. The molecule has 0 amide bonds. The van der Waals surface area contributed by atoms with Crippen molar-refractivity contribution in [1.29, 1.82) is 0 Å². The minimum atomic E-state index is -0.924. The quantitative estimate of drug-likeness (QED) is 0.839.